The van der Waals surface area contributed by atoms with Gasteiger partial charge in [-0.2, -0.15) is 9.36 Å². The molecule has 27 heavy (non-hydrogen) atoms. The predicted octanol–water partition coefficient (Wildman–Crippen LogP) is 3.14. The largest absolute Gasteiger partial charge is 0.300 e. The van der Waals surface area contributed by atoms with E-state index in [-0.39, 0.29) is 34.2 Å². The van der Waals surface area contributed by atoms with Gasteiger partial charge >= 0.3 is 0 Å². The molecule has 1 aromatic heterocycles. The first-order valence-corrected chi connectivity index (χ1v) is 10.4. The summed E-state index contributed by atoms with van der Waals surface area (Å²) < 4.78 is 41.6. The number of carbonyl (C=O) groups excluding carboxylic acids is 1. The van der Waals surface area contributed by atoms with Crippen molar-refractivity contribution in [2.75, 3.05) is 5.32 Å². The SMILES string of the molecule is Cc1ccc(CS(=O)(=O)c2nsc(NC(=O)Cc3ccc(F)cc3)n2)cc1. The van der Waals surface area contributed by atoms with Gasteiger partial charge in [0.1, 0.15) is 5.82 Å². The third kappa shape index (κ3) is 5.18. The second-order valence-electron chi connectivity index (χ2n) is 5.98. The van der Waals surface area contributed by atoms with Gasteiger partial charge in [-0.3, -0.25) is 4.79 Å². The number of aromatic nitrogens is 2. The van der Waals surface area contributed by atoms with Crippen molar-refractivity contribution in [1.29, 1.82) is 0 Å². The normalized spacial score (nSPS) is 11.3. The van der Waals surface area contributed by atoms with Crippen LogP contribution in [-0.2, 0) is 26.8 Å². The average molecular weight is 405 g/mol. The molecule has 0 spiro atoms. The lowest BCUT2D eigenvalue weighted by molar-refractivity contribution is -0.115. The van der Waals surface area contributed by atoms with E-state index >= 15 is 0 Å². The van der Waals surface area contributed by atoms with E-state index in [2.05, 4.69) is 14.7 Å². The van der Waals surface area contributed by atoms with E-state index in [1.807, 2.05) is 19.1 Å². The molecule has 3 aromatic rings. The van der Waals surface area contributed by atoms with Gasteiger partial charge < -0.3 is 5.32 Å². The van der Waals surface area contributed by atoms with Gasteiger partial charge in [0, 0.05) is 11.5 Å². The Morgan fingerprint density at radius 1 is 1.07 bits per heavy atom. The first kappa shape index (κ1) is 19.1. The van der Waals surface area contributed by atoms with Gasteiger partial charge in [-0.15, -0.1) is 0 Å². The van der Waals surface area contributed by atoms with E-state index in [1.54, 1.807) is 12.1 Å². The highest BCUT2D eigenvalue weighted by atomic mass is 32.2. The number of benzene rings is 2. The first-order chi connectivity index (χ1) is 12.8. The zero-order valence-corrected chi connectivity index (χ0v) is 16.0. The Bertz CT molecular complexity index is 1050. The fourth-order valence-electron chi connectivity index (χ4n) is 2.31. The van der Waals surface area contributed by atoms with Crippen LogP contribution < -0.4 is 5.32 Å². The number of anilines is 1. The van der Waals surface area contributed by atoms with Crippen molar-refractivity contribution < 1.29 is 17.6 Å². The van der Waals surface area contributed by atoms with Crippen LogP contribution in [0.2, 0.25) is 0 Å². The van der Waals surface area contributed by atoms with Gasteiger partial charge in [0.15, 0.2) is 0 Å². The lowest BCUT2D eigenvalue weighted by Crippen LogP contribution is -2.14. The minimum atomic E-state index is -3.71. The molecule has 1 N–H and O–H groups in total. The number of carbonyl (C=O) groups is 1. The van der Waals surface area contributed by atoms with E-state index < -0.39 is 9.84 Å². The average Bonchev–Trinajstić information content (AvgIpc) is 3.08. The molecule has 0 radical (unpaired) electrons. The number of nitrogens with zero attached hydrogens (tertiary/aromatic N) is 2. The molecule has 0 fully saturated rings. The van der Waals surface area contributed by atoms with Crippen LogP contribution in [0.4, 0.5) is 9.52 Å². The molecule has 0 aliphatic rings. The van der Waals surface area contributed by atoms with E-state index in [1.165, 1.54) is 24.3 Å². The van der Waals surface area contributed by atoms with Crippen LogP contribution in [0, 0.1) is 12.7 Å². The Kier molecular flexibility index (Phi) is 5.62. The van der Waals surface area contributed by atoms with E-state index in [0.717, 1.165) is 17.1 Å². The summed E-state index contributed by atoms with van der Waals surface area (Å²) in [7, 11) is -3.71. The molecule has 3 rings (SSSR count). The number of rotatable bonds is 6. The highest BCUT2D eigenvalue weighted by molar-refractivity contribution is 7.90. The topological polar surface area (TPSA) is 89.0 Å². The molecule has 0 atom stereocenters. The van der Waals surface area contributed by atoms with Crippen LogP contribution in [0.5, 0.6) is 0 Å². The van der Waals surface area contributed by atoms with Crippen LogP contribution in [0.25, 0.3) is 0 Å². The molecule has 0 bridgehead atoms. The van der Waals surface area contributed by atoms with Gasteiger partial charge in [0.05, 0.1) is 12.2 Å². The second kappa shape index (κ2) is 7.93. The molecular weight excluding hydrogens is 389 g/mol. The fraction of sp³-hybridized carbons (Fsp3) is 0.167. The maximum absolute atomic E-state index is 12.9. The van der Waals surface area contributed by atoms with Crippen molar-refractivity contribution in [3.8, 4) is 0 Å². The summed E-state index contributed by atoms with van der Waals surface area (Å²) >= 11 is 0.799. The number of hydrogen-bond donors (Lipinski definition) is 1. The molecule has 0 unspecified atom stereocenters. The minimum Gasteiger partial charge on any atom is -0.300 e. The van der Waals surface area contributed by atoms with Crippen LogP contribution in [-0.4, -0.2) is 23.7 Å². The van der Waals surface area contributed by atoms with E-state index in [9.17, 15) is 17.6 Å². The summed E-state index contributed by atoms with van der Waals surface area (Å²) in [4.78, 5) is 16.0. The molecule has 0 aliphatic heterocycles. The van der Waals surface area contributed by atoms with Crippen LogP contribution in [0.1, 0.15) is 16.7 Å². The molecule has 9 heteroatoms. The molecule has 0 saturated carbocycles. The number of nitrogens with one attached hydrogen (secondary N) is 1. The summed E-state index contributed by atoms with van der Waals surface area (Å²) in [6, 6.07) is 12.7. The third-order valence-electron chi connectivity index (χ3n) is 3.69. The summed E-state index contributed by atoms with van der Waals surface area (Å²) in [6.45, 7) is 1.92. The van der Waals surface area contributed by atoms with E-state index in [4.69, 9.17) is 0 Å². The summed E-state index contributed by atoms with van der Waals surface area (Å²) in [5.41, 5.74) is 2.30. The standard InChI is InChI=1S/C18H16FN3O3S2/c1-12-2-4-14(5-3-12)11-27(24,25)18-21-17(26-22-18)20-16(23)10-13-6-8-15(19)9-7-13/h2-9H,10-11H2,1H3,(H,20,21,22,23). The maximum atomic E-state index is 12.9. The molecule has 1 amide bonds. The van der Waals surface area contributed by atoms with Crippen molar-refractivity contribution in [3.63, 3.8) is 0 Å². The van der Waals surface area contributed by atoms with Crippen molar-refractivity contribution in [1.82, 2.24) is 9.36 Å². The number of sulfone groups is 1. The number of amides is 1. The van der Waals surface area contributed by atoms with Gasteiger partial charge in [-0.25, -0.2) is 12.8 Å². The Labute approximate surface area is 160 Å². The molecule has 0 aliphatic carbocycles. The highest BCUT2D eigenvalue weighted by Crippen LogP contribution is 2.19. The molecule has 140 valence electrons. The predicted molar refractivity (Wildman–Crippen MR) is 101 cm³/mol. The Balaban J connectivity index is 1.65. The maximum Gasteiger partial charge on any atom is 0.261 e. The van der Waals surface area contributed by atoms with Crippen molar-refractivity contribution in [2.45, 2.75) is 24.3 Å². The molecule has 2 aromatic carbocycles. The van der Waals surface area contributed by atoms with Gasteiger partial charge in [-0.1, -0.05) is 42.0 Å². The third-order valence-corrected chi connectivity index (χ3v) is 5.89. The minimum absolute atomic E-state index is 0.0192. The number of halogens is 1. The van der Waals surface area contributed by atoms with Crippen molar-refractivity contribution >= 4 is 32.4 Å². The summed E-state index contributed by atoms with van der Waals surface area (Å²) in [5.74, 6) is -0.987. The van der Waals surface area contributed by atoms with Gasteiger partial charge in [-0.05, 0) is 30.2 Å². The summed E-state index contributed by atoms with van der Waals surface area (Å²) in [6.07, 6.45) is 0.0192. The summed E-state index contributed by atoms with van der Waals surface area (Å²) in [5, 5.41) is 2.30. The molecular formula is C18H16FN3O3S2. The smallest absolute Gasteiger partial charge is 0.261 e. The zero-order chi connectivity index (χ0) is 19.4. The Morgan fingerprint density at radius 3 is 2.37 bits per heavy atom. The Morgan fingerprint density at radius 2 is 1.70 bits per heavy atom. The first-order valence-electron chi connectivity index (χ1n) is 7.98. The van der Waals surface area contributed by atoms with Gasteiger partial charge in [0.25, 0.3) is 5.16 Å². The number of hydrogen-bond acceptors (Lipinski definition) is 6. The lowest BCUT2D eigenvalue weighted by atomic mass is 10.1. The fourth-order valence-corrected chi connectivity index (χ4v) is 4.41. The van der Waals surface area contributed by atoms with Crippen molar-refractivity contribution in [3.05, 3.63) is 71.0 Å². The number of aryl methyl sites for hydroxylation is 1. The zero-order valence-electron chi connectivity index (χ0n) is 14.3. The van der Waals surface area contributed by atoms with Crippen LogP contribution in [0.15, 0.2) is 53.7 Å². The quantitative estimate of drug-likeness (QED) is 0.681. The monoisotopic (exact) mass is 405 g/mol. The second-order valence-corrected chi connectivity index (χ2v) is 8.61. The van der Waals surface area contributed by atoms with Crippen LogP contribution in [0.3, 0.4) is 0 Å². The molecule has 6 nitrogen and oxygen atoms in total. The van der Waals surface area contributed by atoms with Gasteiger partial charge in [0.2, 0.25) is 20.9 Å². The highest BCUT2D eigenvalue weighted by Gasteiger charge is 2.22. The van der Waals surface area contributed by atoms with Crippen molar-refractivity contribution in [2.24, 2.45) is 0 Å². The van der Waals surface area contributed by atoms with Crippen LogP contribution >= 0.6 is 11.5 Å². The molecule has 0 saturated heterocycles. The lowest BCUT2D eigenvalue weighted by Gasteiger charge is -2.02. The molecule has 1 heterocycles. The Hall–Kier alpha value is -2.65. The van der Waals surface area contributed by atoms with E-state index in [0.29, 0.717) is 11.1 Å².